The number of likely N-dealkylation sites (N-methyl/N-ethyl adjacent to an activating group) is 1. The van der Waals surface area contributed by atoms with Gasteiger partial charge in [-0.05, 0) is 39.0 Å². The first-order valence-electron chi connectivity index (χ1n) is 9.18. The molecule has 0 aliphatic carbocycles. The number of amides is 2. The van der Waals surface area contributed by atoms with Crippen LogP contribution in [0.15, 0.2) is 30.3 Å². The average Bonchev–Trinajstić information content (AvgIpc) is 3.23. The molecular weight excluding hydrogens is 392 g/mol. The van der Waals surface area contributed by atoms with Crippen molar-refractivity contribution in [2.75, 3.05) is 36.9 Å². The van der Waals surface area contributed by atoms with Gasteiger partial charge in [0.25, 0.3) is 5.91 Å². The molecule has 0 radical (unpaired) electrons. The summed E-state index contributed by atoms with van der Waals surface area (Å²) in [5.41, 5.74) is 1.85. The molecule has 28 heavy (non-hydrogen) atoms. The van der Waals surface area contributed by atoms with E-state index >= 15 is 0 Å². The highest BCUT2D eigenvalue weighted by atomic mass is 32.1. The monoisotopic (exact) mass is 416 g/mol. The van der Waals surface area contributed by atoms with Crippen LogP contribution in [0.5, 0.6) is 0 Å². The number of fused-ring (bicyclic) bond motifs is 1. The molecule has 1 N–H and O–H groups in total. The Kier molecular flexibility index (Phi) is 6.31. The summed E-state index contributed by atoms with van der Waals surface area (Å²) in [6, 6.07) is 9.44. The molecule has 0 fully saturated rings. The normalized spacial score (nSPS) is 10.9. The molecule has 0 saturated heterocycles. The van der Waals surface area contributed by atoms with Crippen LogP contribution in [0.4, 0.5) is 10.8 Å². The number of thiazole rings is 1. The van der Waals surface area contributed by atoms with E-state index in [-0.39, 0.29) is 18.4 Å². The highest BCUT2D eigenvalue weighted by molar-refractivity contribution is 7.29. The topological polar surface area (TPSA) is 65.5 Å². The molecule has 2 heterocycles. The van der Waals surface area contributed by atoms with Crippen LogP contribution in [0.1, 0.15) is 29.1 Å². The molecule has 8 heteroatoms. The van der Waals surface area contributed by atoms with Gasteiger partial charge in [-0.3, -0.25) is 9.59 Å². The number of benzene rings is 1. The second-order valence-corrected chi connectivity index (χ2v) is 8.56. The van der Waals surface area contributed by atoms with Crippen molar-refractivity contribution in [2.45, 2.75) is 20.8 Å². The van der Waals surface area contributed by atoms with E-state index < -0.39 is 0 Å². The Hall–Kier alpha value is -2.45. The predicted octanol–water partition coefficient (Wildman–Crippen LogP) is 4.22. The van der Waals surface area contributed by atoms with Crippen molar-refractivity contribution in [3.63, 3.8) is 0 Å². The zero-order valence-corrected chi connectivity index (χ0v) is 18.1. The number of hydrogen-bond donors (Lipinski definition) is 1. The van der Waals surface area contributed by atoms with Gasteiger partial charge in [-0.2, -0.15) is 0 Å². The summed E-state index contributed by atoms with van der Waals surface area (Å²) in [6.07, 6.45) is 0. The fourth-order valence-electron chi connectivity index (χ4n) is 2.77. The molecule has 0 bridgehead atoms. The summed E-state index contributed by atoms with van der Waals surface area (Å²) in [7, 11) is 1.64. The van der Waals surface area contributed by atoms with Crippen molar-refractivity contribution in [1.29, 1.82) is 0 Å². The first-order valence-corrected chi connectivity index (χ1v) is 10.8. The van der Waals surface area contributed by atoms with Crippen LogP contribution in [-0.2, 0) is 4.79 Å². The van der Waals surface area contributed by atoms with Crippen molar-refractivity contribution < 1.29 is 9.59 Å². The minimum Gasteiger partial charge on any atom is -0.349 e. The van der Waals surface area contributed by atoms with Crippen LogP contribution in [0.25, 0.3) is 9.53 Å². The molecule has 2 amide bonds. The lowest BCUT2D eigenvalue weighted by atomic mass is 10.2. The quantitative estimate of drug-likeness (QED) is 0.626. The van der Waals surface area contributed by atoms with Gasteiger partial charge in [0.05, 0.1) is 16.1 Å². The second kappa shape index (κ2) is 8.70. The summed E-state index contributed by atoms with van der Waals surface area (Å²) < 4.78 is 1.01. The van der Waals surface area contributed by atoms with Gasteiger partial charge in [-0.15, -0.1) is 11.3 Å². The first-order chi connectivity index (χ1) is 13.4. The zero-order chi connectivity index (χ0) is 20.3. The van der Waals surface area contributed by atoms with E-state index in [1.807, 2.05) is 37.3 Å². The Labute approximate surface area is 172 Å². The third-order valence-electron chi connectivity index (χ3n) is 4.39. The molecule has 3 rings (SSSR count). The highest BCUT2D eigenvalue weighted by Crippen LogP contribution is 2.35. The van der Waals surface area contributed by atoms with E-state index in [1.54, 1.807) is 18.4 Å². The standard InChI is InChI=1S/C20H24N4O2S2/c1-5-24(6-2)20-22-18-15(28-20)11-16(27-18)19(26)23(4)12-17(25)21-14-9-7-13(3)8-10-14/h7-11H,5-6,12H2,1-4H3,(H,21,25). The predicted molar refractivity (Wildman–Crippen MR) is 118 cm³/mol. The number of anilines is 2. The molecule has 0 spiro atoms. The van der Waals surface area contributed by atoms with Crippen molar-refractivity contribution in [1.82, 2.24) is 9.88 Å². The number of nitrogens with zero attached hydrogens (tertiary/aromatic N) is 3. The van der Waals surface area contributed by atoms with Gasteiger partial charge in [0.15, 0.2) is 5.13 Å². The third-order valence-corrected chi connectivity index (χ3v) is 6.59. The highest BCUT2D eigenvalue weighted by Gasteiger charge is 2.20. The van der Waals surface area contributed by atoms with Gasteiger partial charge in [0.2, 0.25) is 5.91 Å². The Morgan fingerprint density at radius 3 is 2.39 bits per heavy atom. The number of carbonyl (C=O) groups is 2. The second-order valence-electron chi connectivity index (χ2n) is 6.52. The Bertz CT molecular complexity index is 942. The summed E-state index contributed by atoms with van der Waals surface area (Å²) in [5, 5.41) is 3.80. The van der Waals surface area contributed by atoms with E-state index in [2.05, 4.69) is 29.0 Å². The van der Waals surface area contributed by atoms with Gasteiger partial charge >= 0.3 is 0 Å². The van der Waals surface area contributed by atoms with Gasteiger partial charge in [-0.25, -0.2) is 4.98 Å². The lowest BCUT2D eigenvalue weighted by Gasteiger charge is -2.16. The number of rotatable bonds is 7. The smallest absolute Gasteiger partial charge is 0.264 e. The number of carbonyl (C=O) groups excluding carboxylic acids is 2. The minimum atomic E-state index is -0.222. The number of hydrogen-bond acceptors (Lipinski definition) is 6. The van der Waals surface area contributed by atoms with Crippen LogP contribution in [-0.4, -0.2) is 48.4 Å². The van der Waals surface area contributed by atoms with Crippen molar-refractivity contribution in [2.24, 2.45) is 0 Å². The van der Waals surface area contributed by atoms with Crippen molar-refractivity contribution in [3.05, 3.63) is 40.8 Å². The SMILES string of the molecule is CCN(CC)c1nc2sc(C(=O)N(C)CC(=O)Nc3ccc(C)cc3)cc2s1. The number of aryl methyl sites for hydroxylation is 1. The van der Waals surface area contributed by atoms with E-state index in [0.717, 1.165) is 39.0 Å². The fourth-order valence-corrected chi connectivity index (χ4v) is 5.10. The number of nitrogens with one attached hydrogen (secondary N) is 1. The van der Waals surface area contributed by atoms with Gasteiger partial charge in [0, 0.05) is 25.8 Å². The lowest BCUT2D eigenvalue weighted by molar-refractivity contribution is -0.116. The maximum Gasteiger partial charge on any atom is 0.264 e. The van der Waals surface area contributed by atoms with Crippen LogP contribution in [0, 0.1) is 6.92 Å². The Morgan fingerprint density at radius 1 is 1.11 bits per heavy atom. The first kappa shape index (κ1) is 20.3. The molecule has 0 aliphatic heterocycles. The van der Waals surface area contributed by atoms with Gasteiger partial charge in [0.1, 0.15) is 4.83 Å². The molecular formula is C20H24N4O2S2. The molecule has 6 nitrogen and oxygen atoms in total. The van der Waals surface area contributed by atoms with E-state index in [1.165, 1.54) is 16.2 Å². The summed E-state index contributed by atoms with van der Waals surface area (Å²) in [6.45, 7) is 8.00. The van der Waals surface area contributed by atoms with Gasteiger partial charge in [-0.1, -0.05) is 29.0 Å². The maximum absolute atomic E-state index is 12.7. The molecule has 3 aromatic rings. The molecule has 0 saturated carbocycles. The molecule has 1 aromatic carbocycles. The van der Waals surface area contributed by atoms with E-state index in [9.17, 15) is 9.59 Å². The lowest BCUT2D eigenvalue weighted by Crippen LogP contribution is -2.34. The van der Waals surface area contributed by atoms with E-state index in [4.69, 9.17) is 0 Å². The number of thiophene rings is 1. The number of aromatic nitrogens is 1. The summed E-state index contributed by atoms with van der Waals surface area (Å²) in [4.78, 5) is 34.7. The Balaban J connectivity index is 1.64. The van der Waals surface area contributed by atoms with Crippen LogP contribution < -0.4 is 10.2 Å². The maximum atomic E-state index is 12.7. The average molecular weight is 417 g/mol. The van der Waals surface area contributed by atoms with Crippen molar-refractivity contribution >= 4 is 54.8 Å². The van der Waals surface area contributed by atoms with E-state index in [0.29, 0.717) is 4.88 Å². The largest absolute Gasteiger partial charge is 0.349 e. The molecule has 148 valence electrons. The Morgan fingerprint density at radius 2 is 1.79 bits per heavy atom. The third kappa shape index (κ3) is 4.51. The van der Waals surface area contributed by atoms with Gasteiger partial charge < -0.3 is 15.1 Å². The molecule has 0 atom stereocenters. The molecule has 0 aliphatic rings. The molecule has 0 unspecified atom stereocenters. The van der Waals surface area contributed by atoms with Crippen LogP contribution >= 0.6 is 22.7 Å². The van der Waals surface area contributed by atoms with Crippen LogP contribution in [0.3, 0.4) is 0 Å². The zero-order valence-electron chi connectivity index (χ0n) is 16.5. The fraction of sp³-hybridized carbons (Fsp3) is 0.350. The molecule has 2 aromatic heterocycles. The summed E-state index contributed by atoms with van der Waals surface area (Å²) >= 11 is 2.97. The summed E-state index contributed by atoms with van der Waals surface area (Å²) in [5.74, 6) is -0.390. The van der Waals surface area contributed by atoms with Crippen molar-refractivity contribution in [3.8, 4) is 0 Å². The minimum absolute atomic E-state index is 0.00359. The van der Waals surface area contributed by atoms with Crippen LogP contribution in [0.2, 0.25) is 0 Å².